The maximum absolute atomic E-state index is 11.1. The quantitative estimate of drug-likeness (QED) is 0.320. The second kappa shape index (κ2) is 10.4. The summed E-state index contributed by atoms with van der Waals surface area (Å²) in [5, 5.41) is 1.65. The normalized spacial score (nSPS) is 20.0. The molecule has 0 amide bonds. The van der Waals surface area contributed by atoms with E-state index in [1.54, 1.807) is 5.30 Å². The topological polar surface area (TPSA) is 26.3 Å². The maximum atomic E-state index is 11.1. The van der Waals surface area contributed by atoms with Crippen molar-refractivity contribution in [2.45, 2.75) is 82.4 Å². The van der Waals surface area contributed by atoms with Crippen LogP contribution in [0.15, 0.2) is 42.5 Å². The first-order valence-corrected chi connectivity index (χ1v) is 13.1. The predicted molar refractivity (Wildman–Crippen MR) is 117 cm³/mol. The molecule has 0 heterocycles. The number of carbonyl (C=O) groups is 1. The van der Waals surface area contributed by atoms with Crippen LogP contribution in [0.1, 0.15) is 71.1 Å². The third kappa shape index (κ3) is 5.23. The van der Waals surface area contributed by atoms with Crippen LogP contribution in [0.2, 0.25) is 0 Å². The first-order valence-electron chi connectivity index (χ1n) is 10.9. The molecule has 3 rings (SSSR count). The van der Waals surface area contributed by atoms with Crippen LogP contribution in [-0.4, -0.2) is 30.1 Å². The summed E-state index contributed by atoms with van der Waals surface area (Å²) in [6, 6.07) is 11.5. The van der Waals surface area contributed by atoms with Crippen molar-refractivity contribution in [1.29, 1.82) is 0 Å². The van der Waals surface area contributed by atoms with E-state index in [0.29, 0.717) is 6.61 Å². The standard InChI is InChI=1S/C24H36O2P/c1-21(25)26-19-11-12-20-27(22-13-5-2-6-14-22,23-15-7-3-8-16-23)24-17-9-4-10-18-24/h2,5-6,11-14,23-24H,3-4,7-10,15-20H2,1H3/q+1/b12-11+. The zero-order chi connectivity index (χ0) is 19.0. The van der Waals surface area contributed by atoms with Crippen molar-refractivity contribution in [2.75, 3.05) is 12.8 Å². The van der Waals surface area contributed by atoms with E-state index in [-0.39, 0.29) is 5.97 Å². The van der Waals surface area contributed by atoms with Gasteiger partial charge in [-0.15, -0.1) is 0 Å². The van der Waals surface area contributed by atoms with Gasteiger partial charge in [-0.25, -0.2) is 0 Å². The second-order valence-electron chi connectivity index (χ2n) is 8.31. The molecule has 0 N–H and O–H groups in total. The summed E-state index contributed by atoms with van der Waals surface area (Å²) in [6.07, 6.45) is 19.7. The van der Waals surface area contributed by atoms with Crippen molar-refractivity contribution in [3.63, 3.8) is 0 Å². The van der Waals surface area contributed by atoms with Crippen LogP contribution in [0.3, 0.4) is 0 Å². The van der Waals surface area contributed by atoms with Gasteiger partial charge in [0, 0.05) is 6.92 Å². The predicted octanol–water partition coefficient (Wildman–Crippen LogP) is 6.11. The molecule has 0 radical (unpaired) electrons. The van der Waals surface area contributed by atoms with Gasteiger partial charge in [0.1, 0.15) is 6.61 Å². The van der Waals surface area contributed by atoms with Gasteiger partial charge in [0.25, 0.3) is 0 Å². The summed E-state index contributed by atoms with van der Waals surface area (Å²) in [7, 11) is -1.29. The molecule has 0 atom stereocenters. The van der Waals surface area contributed by atoms with E-state index in [9.17, 15) is 4.79 Å². The zero-order valence-electron chi connectivity index (χ0n) is 16.9. The van der Waals surface area contributed by atoms with Crippen molar-refractivity contribution >= 4 is 18.5 Å². The lowest BCUT2D eigenvalue weighted by molar-refractivity contribution is -0.139. The number of carbonyl (C=O) groups excluding carboxylic acids is 1. The van der Waals surface area contributed by atoms with Crippen molar-refractivity contribution < 1.29 is 9.53 Å². The minimum atomic E-state index is -1.29. The summed E-state index contributed by atoms with van der Waals surface area (Å²) in [6.45, 7) is 1.90. The Hall–Kier alpha value is -1.14. The van der Waals surface area contributed by atoms with Crippen molar-refractivity contribution in [1.82, 2.24) is 0 Å². The second-order valence-corrected chi connectivity index (χ2v) is 12.5. The first kappa shape index (κ1) is 20.6. The van der Waals surface area contributed by atoms with Crippen LogP contribution in [-0.2, 0) is 9.53 Å². The number of ether oxygens (including phenoxy) is 1. The Balaban J connectivity index is 1.91. The third-order valence-electron chi connectivity index (χ3n) is 6.65. The molecule has 3 heteroatoms. The molecule has 0 saturated heterocycles. The molecule has 2 aliphatic carbocycles. The average molecular weight is 388 g/mol. The van der Waals surface area contributed by atoms with Gasteiger partial charge in [0.15, 0.2) is 0 Å². The Bertz CT molecular complexity index is 580. The first-order chi connectivity index (χ1) is 13.2. The Labute approximate surface area is 166 Å². The van der Waals surface area contributed by atoms with Gasteiger partial charge in [-0.1, -0.05) is 31.0 Å². The van der Waals surface area contributed by atoms with E-state index in [2.05, 4.69) is 42.5 Å². The van der Waals surface area contributed by atoms with E-state index in [0.717, 1.165) is 11.3 Å². The lowest BCUT2D eigenvalue weighted by Crippen LogP contribution is -2.36. The van der Waals surface area contributed by atoms with Crippen LogP contribution in [0.5, 0.6) is 0 Å². The van der Waals surface area contributed by atoms with Gasteiger partial charge in [0.05, 0.1) is 30.0 Å². The summed E-state index contributed by atoms with van der Waals surface area (Å²) in [4.78, 5) is 11.1. The van der Waals surface area contributed by atoms with E-state index in [4.69, 9.17) is 4.74 Å². The minimum Gasteiger partial charge on any atom is -0.462 e. The molecule has 2 nitrogen and oxygen atoms in total. The molecule has 2 aliphatic rings. The van der Waals surface area contributed by atoms with E-state index >= 15 is 0 Å². The highest BCUT2D eigenvalue weighted by Crippen LogP contribution is 2.71. The molecule has 0 aliphatic heterocycles. The van der Waals surface area contributed by atoms with Crippen LogP contribution < -0.4 is 5.30 Å². The maximum Gasteiger partial charge on any atom is 0.302 e. The highest BCUT2D eigenvalue weighted by molar-refractivity contribution is 7.84. The van der Waals surface area contributed by atoms with Crippen LogP contribution >= 0.6 is 7.26 Å². The number of rotatable bonds is 7. The Morgan fingerprint density at radius 2 is 1.48 bits per heavy atom. The van der Waals surface area contributed by atoms with Gasteiger partial charge in [-0.3, -0.25) is 4.79 Å². The smallest absolute Gasteiger partial charge is 0.302 e. The number of benzene rings is 1. The lowest BCUT2D eigenvalue weighted by atomic mass is 9.99. The molecule has 1 aromatic rings. The molecule has 0 bridgehead atoms. The van der Waals surface area contributed by atoms with Crippen molar-refractivity contribution in [3.05, 3.63) is 42.5 Å². The molecular weight excluding hydrogens is 351 g/mol. The van der Waals surface area contributed by atoms with Gasteiger partial charge >= 0.3 is 5.97 Å². The molecule has 2 fully saturated rings. The zero-order valence-corrected chi connectivity index (χ0v) is 17.8. The Morgan fingerprint density at radius 3 is 2.00 bits per heavy atom. The van der Waals surface area contributed by atoms with Crippen LogP contribution in [0.4, 0.5) is 0 Å². The Morgan fingerprint density at radius 1 is 0.926 bits per heavy atom. The summed E-state index contributed by atoms with van der Waals surface area (Å²) < 4.78 is 5.14. The monoisotopic (exact) mass is 387 g/mol. The lowest BCUT2D eigenvalue weighted by Gasteiger charge is -2.43. The molecular formula is C24H36O2P+. The highest BCUT2D eigenvalue weighted by Gasteiger charge is 2.52. The van der Waals surface area contributed by atoms with E-state index in [1.807, 2.05) is 0 Å². The molecule has 27 heavy (non-hydrogen) atoms. The van der Waals surface area contributed by atoms with E-state index in [1.165, 1.54) is 77.3 Å². The average Bonchev–Trinajstić information content (AvgIpc) is 2.73. The van der Waals surface area contributed by atoms with Gasteiger partial charge in [0.2, 0.25) is 0 Å². The molecule has 0 unspecified atom stereocenters. The molecule has 1 aromatic carbocycles. The summed E-state index contributed by atoms with van der Waals surface area (Å²) >= 11 is 0. The fourth-order valence-electron chi connectivity index (χ4n) is 5.39. The molecule has 2 saturated carbocycles. The fraction of sp³-hybridized carbons (Fsp3) is 0.625. The van der Waals surface area contributed by atoms with Crippen molar-refractivity contribution in [3.8, 4) is 0 Å². The highest BCUT2D eigenvalue weighted by atomic mass is 31.2. The third-order valence-corrected chi connectivity index (χ3v) is 12.4. The van der Waals surface area contributed by atoms with Gasteiger partial charge in [-0.05, 0) is 75.7 Å². The molecule has 0 aromatic heterocycles. The number of hydrogen-bond donors (Lipinski definition) is 0. The SMILES string of the molecule is CC(=O)OC/C=C/C[P+](c1ccccc1)(C1CCCCC1)C1CCCCC1. The van der Waals surface area contributed by atoms with Gasteiger partial charge in [-0.2, -0.15) is 0 Å². The minimum absolute atomic E-state index is 0.191. The fourth-order valence-corrected chi connectivity index (χ4v) is 11.4. The van der Waals surface area contributed by atoms with Crippen LogP contribution in [0.25, 0.3) is 0 Å². The summed E-state index contributed by atoms with van der Waals surface area (Å²) in [5.41, 5.74) is 1.77. The summed E-state index contributed by atoms with van der Waals surface area (Å²) in [5.74, 6) is -0.191. The number of allylic oxidation sites excluding steroid dienone is 1. The molecule has 0 spiro atoms. The molecule has 148 valence electrons. The van der Waals surface area contributed by atoms with Crippen LogP contribution in [0, 0.1) is 0 Å². The Kier molecular flexibility index (Phi) is 7.94. The number of esters is 1. The number of hydrogen-bond acceptors (Lipinski definition) is 2. The van der Waals surface area contributed by atoms with Crippen molar-refractivity contribution in [2.24, 2.45) is 0 Å². The van der Waals surface area contributed by atoms with Gasteiger partial charge < -0.3 is 4.74 Å². The largest absolute Gasteiger partial charge is 0.462 e. The van der Waals surface area contributed by atoms with E-state index < -0.39 is 7.26 Å².